The van der Waals surface area contributed by atoms with Gasteiger partial charge in [-0.05, 0) is 6.07 Å². The number of carbonyl (C=O) groups excluding carboxylic acids is 1. The fraction of sp³-hybridized carbons (Fsp3) is 0.143. The molecule has 76 valence electrons. The summed E-state index contributed by atoms with van der Waals surface area (Å²) < 4.78 is 26.4. The molecule has 1 aromatic heterocycles. The zero-order chi connectivity index (χ0) is 10.8. The molecule has 0 aromatic carbocycles. The summed E-state index contributed by atoms with van der Waals surface area (Å²) in [4.78, 5) is 14.3. The van der Waals surface area contributed by atoms with Crippen molar-refractivity contribution in [1.82, 2.24) is 4.98 Å². The molecule has 1 aromatic rings. The van der Waals surface area contributed by atoms with Crippen LogP contribution in [0.25, 0.3) is 0 Å². The van der Waals surface area contributed by atoms with Crippen LogP contribution in [0.4, 0.5) is 0 Å². The summed E-state index contributed by atoms with van der Waals surface area (Å²) in [5, 5.41) is 0. The van der Waals surface area contributed by atoms with Crippen molar-refractivity contribution in [3.8, 4) is 0 Å². The summed E-state index contributed by atoms with van der Waals surface area (Å²) in [5.74, 6) is -0.772. The Balaban J connectivity index is 3.38. The summed E-state index contributed by atoms with van der Waals surface area (Å²) in [7, 11) is 2.26. The minimum atomic E-state index is -3.98. The van der Waals surface area contributed by atoms with Gasteiger partial charge in [0.15, 0.2) is 0 Å². The summed E-state index contributed by atoms with van der Waals surface area (Å²) in [5.41, 5.74) is -0.127. The zero-order valence-corrected chi connectivity index (χ0v) is 8.67. The monoisotopic (exact) mass is 235 g/mol. The molecule has 14 heavy (non-hydrogen) atoms. The highest BCUT2D eigenvalue weighted by Crippen LogP contribution is 2.18. The number of esters is 1. The molecule has 0 aliphatic rings. The van der Waals surface area contributed by atoms with Gasteiger partial charge in [-0.25, -0.2) is 13.2 Å². The number of halogens is 1. The molecule has 5 nitrogen and oxygen atoms in total. The summed E-state index contributed by atoms with van der Waals surface area (Å²) in [6.45, 7) is 0. The number of rotatable bonds is 2. The molecule has 0 N–H and O–H groups in total. The number of hydrogen-bond acceptors (Lipinski definition) is 5. The first-order valence-electron chi connectivity index (χ1n) is 3.44. The van der Waals surface area contributed by atoms with Crippen LogP contribution in [0.1, 0.15) is 10.4 Å². The third kappa shape index (κ3) is 2.21. The number of aromatic nitrogens is 1. The molecule has 0 saturated heterocycles. The maximum Gasteiger partial charge on any atom is 0.339 e. The first-order valence-corrected chi connectivity index (χ1v) is 5.74. The Kier molecular flexibility index (Phi) is 3.07. The van der Waals surface area contributed by atoms with E-state index in [2.05, 4.69) is 9.72 Å². The first-order chi connectivity index (χ1) is 6.46. The standard InChI is InChI=1S/C7H6ClNO4S/c1-13-7(10)5-2-3-9-4-6(5)14(8,11)12/h2-4H,1H3. The van der Waals surface area contributed by atoms with E-state index in [0.29, 0.717) is 0 Å². The maximum atomic E-state index is 11.1. The Labute approximate surface area is 85.1 Å². The largest absolute Gasteiger partial charge is 0.465 e. The minimum absolute atomic E-state index is 0.127. The zero-order valence-electron chi connectivity index (χ0n) is 7.10. The number of nitrogens with zero attached hydrogens (tertiary/aromatic N) is 1. The van der Waals surface area contributed by atoms with E-state index in [4.69, 9.17) is 10.7 Å². The molecular weight excluding hydrogens is 230 g/mol. The van der Waals surface area contributed by atoms with Gasteiger partial charge in [0.05, 0.1) is 12.7 Å². The molecule has 0 saturated carbocycles. The Morgan fingerprint density at radius 2 is 2.21 bits per heavy atom. The maximum absolute atomic E-state index is 11.1. The van der Waals surface area contributed by atoms with E-state index in [1.165, 1.54) is 12.3 Å². The number of hydrogen-bond donors (Lipinski definition) is 0. The van der Waals surface area contributed by atoms with E-state index in [1.807, 2.05) is 0 Å². The van der Waals surface area contributed by atoms with Crippen molar-refractivity contribution in [2.75, 3.05) is 7.11 Å². The van der Waals surface area contributed by atoms with Gasteiger partial charge in [0, 0.05) is 23.1 Å². The third-order valence-electron chi connectivity index (χ3n) is 1.45. The summed E-state index contributed by atoms with van der Waals surface area (Å²) in [6.07, 6.45) is 2.27. The normalized spacial score (nSPS) is 11.0. The smallest absolute Gasteiger partial charge is 0.339 e. The van der Waals surface area contributed by atoms with Gasteiger partial charge in [0.2, 0.25) is 0 Å². The van der Waals surface area contributed by atoms with E-state index in [1.54, 1.807) is 0 Å². The van der Waals surface area contributed by atoms with Crippen LogP contribution in [0.15, 0.2) is 23.4 Å². The molecule has 7 heteroatoms. The Morgan fingerprint density at radius 3 is 2.71 bits per heavy atom. The van der Waals surface area contributed by atoms with Crippen molar-refractivity contribution < 1.29 is 17.9 Å². The topological polar surface area (TPSA) is 73.3 Å². The molecule has 0 spiro atoms. The molecule has 1 heterocycles. The van der Waals surface area contributed by atoms with Gasteiger partial charge >= 0.3 is 5.97 Å². The van der Waals surface area contributed by atoms with Gasteiger partial charge in [-0.1, -0.05) is 0 Å². The highest BCUT2D eigenvalue weighted by molar-refractivity contribution is 8.13. The fourth-order valence-electron chi connectivity index (χ4n) is 0.853. The lowest BCUT2D eigenvalue weighted by molar-refractivity contribution is 0.0596. The van der Waals surface area contributed by atoms with Crippen molar-refractivity contribution in [3.63, 3.8) is 0 Å². The van der Waals surface area contributed by atoms with Crippen LogP contribution in [0.2, 0.25) is 0 Å². The minimum Gasteiger partial charge on any atom is -0.465 e. The highest BCUT2D eigenvalue weighted by Gasteiger charge is 2.20. The highest BCUT2D eigenvalue weighted by atomic mass is 35.7. The van der Waals surface area contributed by atoms with E-state index >= 15 is 0 Å². The van der Waals surface area contributed by atoms with Crippen molar-refractivity contribution in [2.24, 2.45) is 0 Å². The second-order valence-corrected chi connectivity index (χ2v) is 4.84. The number of carbonyl (C=O) groups is 1. The lowest BCUT2D eigenvalue weighted by atomic mass is 10.3. The van der Waals surface area contributed by atoms with Crippen LogP contribution in [0, 0.1) is 0 Å². The van der Waals surface area contributed by atoms with Gasteiger partial charge in [0.25, 0.3) is 9.05 Å². The van der Waals surface area contributed by atoms with Gasteiger partial charge < -0.3 is 4.74 Å². The Bertz CT molecular complexity index is 457. The molecule has 0 aliphatic carbocycles. The van der Waals surface area contributed by atoms with Crippen LogP contribution in [0.3, 0.4) is 0 Å². The molecule has 1 rings (SSSR count). The molecule has 0 aliphatic heterocycles. The van der Waals surface area contributed by atoms with Crippen LogP contribution in [-0.4, -0.2) is 26.5 Å². The Morgan fingerprint density at radius 1 is 1.57 bits per heavy atom. The lowest BCUT2D eigenvalue weighted by Gasteiger charge is -2.02. The molecule has 0 amide bonds. The fourth-order valence-corrected chi connectivity index (χ4v) is 1.82. The van der Waals surface area contributed by atoms with Crippen molar-refractivity contribution in [1.29, 1.82) is 0 Å². The van der Waals surface area contributed by atoms with Crippen LogP contribution >= 0.6 is 10.7 Å². The second kappa shape index (κ2) is 3.93. The van der Waals surface area contributed by atoms with Crippen LogP contribution < -0.4 is 0 Å². The van der Waals surface area contributed by atoms with E-state index < -0.39 is 15.0 Å². The van der Waals surface area contributed by atoms with E-state index in [9.17, 15) is 13.2 Å². The third-order valence-corrected chi connectivity index (χ3v) is 2.80. The van der Waals surface area contributed by atoms with Gasteiger partial charge in [-0.3, -0.25) is 4.98 Å². The van der Waals surface area contributed by atoms with Gasteiger partial charge in [0.1, 0.15) is 4.90 Å². The van der Waals surface area contributed by atoms with E-state index in [0.717, 1.165) is 13.3 Å². The second-order valence-electron chi connectivity index (χ2n) is 2.30. The lowest BCUT2D eigenvalue weighted by Crippen LogP contribution is -2.07. The quantitative estimate of drug-likeness (QED) is 0.560. The predicted molar refractivity (Wildman–Crippen MR) is 48.6 cm³/mol. The average Bonchev–Trinajstić information content (AvgIpc) is 2.15. The van der Waals surface area contributed by atoms with Gasteiger partial charge in [-0.15, -0.1) is 0 Å². The van der Waals surface area contributed by atoms with Crippen LogP contribution in [0.5, 0.6) is 0 Å². The molecule has 0 fully saturated rings. The van der Waals surface area contributed by atoms with Gasteiger partial charge in [-0.2, -0.15) is 0 Å². The predicted octanol–water partition coefficient (Wildman–Crippen LogP) is 0.796. The number of methoxy groups -OCH3 is 1. The van der Waals surface area contributed by atoms with Crippen molar-refractivity contribution in [3.05, 3.63) is 24.0 Å². The number of pyridine rings is 1. The van der Waals surface area contributed by atoms with Crippen LogP contribution in [-0.2, 0) is 13.8 Å². The molecule has 0 atom stereocenters. The molecule has 0 unspecified atom stereocenters. The molecule has 0 bridgehead atoms. The van der Waals surface area contributed by atoms with E-state index in [-0.39, 0.29) is 10.5 Å². The summed E-state index contributed by atoms with van der Waals surface area (Å²) >= 11 is 0. The van der Waals surface area contributed by atoms with Crippen molar-refractivity contribution >= 4 is 25.7 Å². The molecule has 0 radical (unpaired) electrons. The van der Waals surface area contributed by atoms with Crippen molar-refractivity contribution in [2.45, 2.75) is 4.90 Å². The average molecular weight is 236 g/mol. The Hall–Kier alpha value is -1.14. The number of ether oxygens (including phenoxy) is 1. The first kappa shape index (κ1) is 10.9. The SMILES string of the molecule is COC(=O)c1ccncc1S(=O)(=O)Cl. The molecular formula is C7H6ClNO4S. The summed E-state index contributed by atoms with van der Waals surface area (Å²) in [6, 6.07) is 1.22.